The van der Waals surface area contributed by atoms with Crippen LogP contribution < -0.4 is 21.7 Å². The maximum atomic E-state index is 7.47. The van der Waals surface area contributed by atoms with Crippen LogP contribution in [0.5, 0.6) is 0 Å². The molecule has 0 amide bonds. The predicted molar refractivity (Wildman–Crippen MR) is 280 cm³/mol. The van der Waals surface area contributed by atoms with E-state index in [1.54, 1.807) is 5.57 Å². The number of allylic oxidation sites excluding steroid dienone is 21. The molecule has 6 nitrogen and oxygen atoms in total. The summed E-state index contributed by atoms with van der Waals surface area (Å²) in [4.78, 5) is 0. The van der Waals surface area contributed by atoms with Gasteiger partial charge in [0, 0.05) is 56.7 Å². The predicted octanol–water partition coefficient (Wildman–Crippen LogP) is 13.0. The third-order valence-electron chi connectivity index (χ3n) is 16.7. The average Bonchev–Trinajstić information content (AvgIpc) is 3.92. The molecule has 8 unspecified atom stereocenters. The van der Waals surface area contributed by atoms with Gasteiger partial charge in [0.15, 0.2) is 0 Å². The van der Waals surface area contributed by atoms with Crippen molar-refractivity contribution in [1.29, 1.82) is 0 Å². The van der Waals surface area contributed by atoms with E-state index < -0.39 is 0 Å². The quantitative estimate of drug-likeness (QED) is 0.140. The van der Waals surface area contributed by atoms with E-state index in [1.165, 1.54) is 85.5 Å². The van der Waals surface area contributed by atoms with Crippen molar-refractivity contribution in [3.8, 4) is 0 Å². The smallest absolute Gasteiger partial charge is 0.0821 e. The van der Waals surface area contributed by atoms with Crippen molar-refractivity contribution < 1.29 is 0 Å². The second-order valence-corrected chi connectivity index (χ2v) is 20.5. The number of benzene rings is 2. The molecule has 8 atom stereocenters. The summed E-state index contributed by atoms with van der Waals surface area (Å²) in [6.07, 6.45) is 59.8. The molecule has 1 fully saturated rings. The lowest BCUT2D eigenvalue weighted by molar-refractivity contribution is 0.156. The van der Waals surface area contributed by atoms with Gasteiger partial charge >= 0.3 is 0 Å². The van der Waals surface area contributed by atoms with Gasteiger partial charge in [-0.05, 0) is 124 Å². The van der Waals surface area contributed by atoms with Crippen LogP contribution in [0.25, 0.3) is 44.5 Å². The van der Waals surface area contributed by atoms with Gasteiger partial charge in [-0.15, -0.1) is 0 Å². The van der Waals surface area contributed by atoms with Crippen LogP contribution in [0.2, 0.25) is 0 Å². The van der Waals surface area contributed by atoms with Gasteiger partial charge in [-0.2, -0.15) is 0 Å². The molecule has 2 aromatic heterocycles. The molecule has 67 heavy (non-hydrogen) atoms. The van der Waals surface area contributed by atoms with Gasteiger partial charge in [0.2, 0.25) is 0 Å². The van der Waals surface area contributed by atoms with Crippen molar-refractivity contribution >= 4 is 44.5 Å². The van der Waals surface area contributed by atoms with Crippen molar-refractivity contribution in [3.63, 3.8) is 0 Å². The van der Waals surface area contributed by atoms with Crippen molar-refractivity contribution in [2.24, 2.45) is 29.4 Å². The highest BCUT2D eigenvalue weighted by Gasteiger charge is 2.38. The third-order valence-corrected chi connectivity index (χ3v) is 16.7. The van der Waals surface area contributed by atoms with Gasteiger partial charge < -0.3 is 14.9 Å². The van der Waals surface area contributed by atoms with Crippen LogP contribution in [0.15, 0.2) is 179 Å². The Morgan fingerprint density at radius 2 is 1.48 bits per heavy atom. The molecule has 13 rings (SSSR count). The van der Waals surface area contributed by atoms with Crippen LogP contribution >= 0.6 is 0 Å². The highest BCUT2D eigenvalue weighted by atomic mass is 15.4. The molecule has 0 spiro atoms. The Balaban J connectivity index is 0.857. The van der Waals surface area contributed by atoms with Gasteiger partial charge in [-0.1, -0.05) is 145 Å². The minimum absolute atomic E-state index is 0.0474. The molecule has 1 aliphatic heterocycles. The summed E-state index contributed by atoms with van der Waals surface area (Å²) in [7, 11) is 0. The lowest BCUT2D eigenvalue weighted by atomic mass is 9.80. The van der Waals surface area contributed by atoms with Gasteiger partial charge in [-0.25, -0.2) is 0 Å². The third kappa shape index (κ3) is 7.26. The largest absolute Gasteiger partial charge is 0.397 e. The highest BCUT2D eigenvalue weighted by Crippen LogP contribution is 2.47. The van der Waals surface area contributed by atoms with Crippen LogP contribution in [0.3, 0.4) is 0 Å². The highest BCUT2D eigenvalue weighted by molar-refractivity contribution is 6.22. The minimum Gasteiger partial charge on any atom is -0.397 e. The molecule has 4 aromatic rings. The number of hydrogen-bond donors (Lipinski definition) is 4. The summed E-state index contributed by atoms with van der Waals surface area (Å²) in [5.74, 6) is 1.58. The SMILES string of the molecule is NC1=CC(C2NC(C3=CC=C(C4CC=CCC4)CC3)NC(C3C=CC(C4=CCCC=C4)=CC3)N2)CC=C1n1c2c(c3ccc4c(c5ccccc5n4C4CCC=C5C=CC=CC54)c31)C=CCC2. The Morgan fingerprint density at radius 3 is 2.31 bits per heavy atom. The van der Waals surface area contributed by atoms with Gasteiger partial charge in [-0.3, -0.25) is 16.0 Å². The number of fused-ring (bicyclic) bond motifs is 8. The fourth-order valence-corrected chi connectivity index (χ4v) is 13.3. The summed E-state index contributed by atoms with van der Waals surface area (Å²) in [6.45, 7) is 0. The summed E-state index contributed by atoms with van der Waals surface area (Å²) < 4.78 is 5.28. The number of hydrogen-bond acceptors (Lipinski definition) is 4. The topological polar surface area (TPSA) is 72.0 Å². The van der Waals surface area contributed by atoms with Crippen LogP contribution in [0, 0.1) is 23.7 Å². The van der Waals surface area contributed by atoms with Crippen molar-refractivity contribution in [2.45, 2.75) is 108 Å². The first-order valence-corrected chi connectivity index (χ1v) is 25.7. The molecule has 8 aliphatic carbocycles. The Labute approximate surface area is 395 Å². The fourth-order valence-electron chi connectivity index (χ4n) is 13.3. The first-order valence-electron chi connectivity index (χ1n) is 25.7. The van der Waals surface area contributed by atoms with E-state index in [9.17, 15) is 0 Å². The van der Waals surface area contributed by atoms with Crippen molar-refractivity contribution in [3.05, 3.63) is 191 Å². The maximum Gasteiger partial charge on any atom is 0.0821 e. The Hall–Kier alpha value is -5.92. The normalized spacial score (nSPS) is 30.4. The second kappa shape index (κ2) is 17.3. The minimum atomic E-state index is 0.0474. The molecule has 6 heteroatoms. The molecule has 0 radical (unpaired) electrons. The first-order chi connectivity index (χ1) is 33.1. The number of nitrogens with two attached hydrogens (primary N) is 1. The Morgan fingerprint density at radius 1 is 0.612 bits per heavy atom. The number of aromatic nitrogens is 2. The van der Waals surface area contributed by atoms with E-state index in [0.29, 0.717) is 23.8 Å². The van der Waals surface area contributed by atoms with E-state index in [4.69, 9.17) is 5.73 Å². The molecule has 5 N–H and O–H groups in total. The Bertz CT molecular complexity index is 3100. The number of para-hydroxylation sites is 1. The number of rotatable bonds is 7. The van der Waals surface area contributed by atoms with E-state index in [-0.39, 0.29) is 24.4 Å². The zero-order valence-corrected chi connectivity index (χ0v) is 38.7. The zero-order chi connectivity index (χ0) is 44.4. The monoisotopic (exact) mass is 881 g/mol. The van der Waals surface area contributed by atoms with Crippen LogP contribution in [-0.4, -0.2) is 27.6 Å². The first kappa shape index (κ1) is 41.3. The molecular weight excluding hydrogens is 817 g/mol. The summed E-state index contributed by atoms with van der Waals surface area (Å²) in [5.41, 5.74) is 23.4. The number of nitrogens with one attached hydrogen (secondary N) is 3. The van der Waals surface area contributed by atoms with E-state index in [0.717, 1.165) is 75.6 Å². The average molecular weight is 881 g/mol. The maximum absolute atomic E-state index is 7.47. The molecule has 0 bridgehead atoms. The Kier molecular flexibility index (Phi) is 10.7. The second-order valence-electron chi connectivity index (χ2n) is 20.5. The van der Waals surface area contributed by atoms with Gasteiger partial charge in [0.1, 0.15) is 0 Å². The lowest BCUT2D eigenvalue weighted by Crippen LogP contribution is -2.71. The number of nitrogens with zero attached hydrogens (tertiary/aromatic N) is 2. The van der Waals surface area contributed by atoms with E-state index >= 15 is 0 Å². The van der Waals surface area contributed by atoms with Crippen LogP contribution in [0.1, 0.15) is 94.3 Å². The van der Waals surface area contributed by atoms with Gasteiger partial charge in [0.25, 0.3) is 0 Å². The van der Waals surface area contributed by atoms with Crippen LogP contribution in [0.4, 0.5) is 0 Å². The molecule has 338 valence electrons. The van der Waals surface area contributed by atoms with Crippen molar-refractivity contribution in [1.82, 2.24) is 25.1 Å². The molecule has 1 saturated heterocycles. The lowest BCUT2D eigenvalue weighted by Gasteiger charge is -2.45. The zero-order valence-electron chi connectivity index (χ0n) is 38.7. The van der Waals surface area contributed by atoms with E-state index in [2.05, 4.69) is 177 Å². The molecule has 0 saturated carbocycles. The molecule has 3 heterocycles. The molecule has 9 aliphatic rings. The summed E-state index contributed by atoms with van der Waals surface area (Å²) >= 11 is 0. The molecule has 2 aromatic carbocycles. The van der Waals surface area contributed by atoms with E-state index in [1.807, 2.05) is 0 Å². The summed E-state index contributed by atoms with van der Waals surface area (Å²) in [5, 5.41) is 16.3. The molecular formula is C61H64N6. The van der Waals surface area contributed by atoms with Gasteiger partial charge in [0.05, 0.1) is 40.9 Å². The fraction of sp³-hybridized carbons (Fsp3) is 0.344. The standard InChI is InChI=1S/C61H64N6/c62-51-38-46(61-64-59(44-30-26-41(27-31-44)39-14-3-1-4-15-39)63-60(65-61)45-32-28-42(29-33-45)40-16-5-2-6-17-40)34-36-55(51)67-53-23-11-9-21-48(53)49-35-37-56-57(58(49)67)50-22-10-12-24-54(50)66(56)52-25-13-19-43-18-7-8-20-47(43)52/h1,3,5,7-10,12,16-22,24,26,28-30,32,35-39,45-47,52,59-61,63-65H,2,4,6,11,13-15,23,25,27,31,33-34,62H2. The van der Waals surface area contributed by atoms with Crippen molar-refractivity contribution in [2.75, 3.05) is 0 Å². The van der Waals surface area contributed by atoms with Crippen LogP contribution in [-0.2, 0) is 6.42 Å². The summed E-state index contributed by atoms with van der Waals surface area (Å²) in [6, 6.07) is 14.3.